The highest BCUT2D eigenvalue weighted by Crippen LogP contribution is 2.38. The van der Waals surface area contributed by atoms with Crippen LogP contribution in [-0.2, 0) is 16.0 Å². The van der Waals surface area contributed by atoms with Crippen LogP contribution in [0.4, 0.5) is 0 Å². The number of rotatable bonds is 5. The Morgan fingerprint density at radius 2 is 1.59 bits per heavy atom. The molecule has 0 saturated carbocycles. The lowest BCUT2D eigenvalue weighted by atomic mass is 9.93. The SMILES string of the molecule is O=C(CCC(=O)N1CCc2sccc2C1c1ccccc1)N1CCC(c2ccccc2)=N1. The highest BCUT2D eigenvalue weighted by atomic mass is 32.1. The van der Waals surface area contributed by atoms with Crippen LogP contribution in [0.15, 0.2) is 77.2 Å². The molecule has 3 heterocycles. The van der Waals surface area contributed by atoms with Gasteiger partial charge in [-0.1, -0.05) is 60.7 Å². The minimum Gasteiger partial charge on any atom is -0.331 e. The molecule has 2 amide bonds. The van der Waals surface area contributed by atoms with E-state index in [0.717, 1.165) is 29.7 Å². The smallest absolute Gasteiger partial charge is 0.243 e. The van der Waals surface area contributed by atoms with E-state index in [1.54, 1.807) is 11.3 Å². The Balaban J connectivity index is 1.27. The predicted octanol–water partition coefficient (Wildman–Crippen LogP) is 4.64. The molecule has 2 aromatic carbocycles. The lowest BCUT2D eigenvalue weighted by molar-refractivity contribution is -0.138. The average molecular weight is 444 g/mol. The Morgan fingerprint density at radius 3 is 2.38 bits per heavy atom. The Morgan fingerprint density at radius 1 is 0.875 bits per heavy atom. The van der Waals surface area contributed by atoms with E-state index in [1.807, 2.05) is 53.4 Å². The van der Waals surface area contributed by atoms with Crippen LogP contribution < -0.4 is 0 Å². The van der Waals surface area contributed by atoms with Gasteiger partial charge in [0.15, 0.2) is 0 Å². The van der Waals surface area contributed by atoms with E-state index in [9.17, 15) is 9.59 Å². The molecule has 5 rings (SSSR count). The molecule has 0 radical (unpaired) electrons. The summed E-state index contributed by atoms with van der Waals surface area (Å²) in [6, 6.07) is 22.2. The van der Waals surface area contributed by atoms with Crippen molar-refractivity contribution in [2.24, 2.45) is 5.10 Å². The second-order valence-corrected chi connectivity index (χ2v) is 9.13. The van der Waals surface area contributed by atoms with Crippen molar-refractivity contribution in [1.82, 2.24) is 9.91 Å². The molecule has 0 bridgehead atoms. The summed E-state index contributed by atoms with van der Waals surface area (Å²) in [6.07, 6.45) is 1.99. The van der Waals surface area contributed by atoms with Crippen LogP contribution in [0, 0.1) is 0 Å². The molecule has 0 spiro atoms. The second kappa shape index (κ2) is 9.09. The summed E-state index contributed by atoms with van der Waals surface area (Å²) in [5.74, 6) is -0.0655. The van der Waals surface area contributed by atoms with Crippen molar-refractivity contribution in [1.29, 1.82) is 0 Å². The van der Waals surface area contributed by atoms with Gasteiger partial charge in [0.1, 0.15) is 0 Å². The van der Waals surface area contributed by atoms with Gasteiger partial charge >= 0.3 is 0 Å². The van der Waals surface area contributed by atoms with Gasteiger partial charge in [-0.15, -0.1) is 11.3 Å². The molecule has 1 unspecified atom stereocenters. The molecule has 2 aliphatic rings. The lowest BCUT2D eigenvalue weighted by Gasteiger charge is -2.36. The van der Waals surface area contributed by atoms with Gasteiger partial charge < -0.3 is 4.90 Å². The summed E-state index contributed by atoms with van der Waals surface area (Å²) < 4.78 is 0. The number of benzene rings is 2. The second-order valence-electron chi connectivity index (χ2n) is 8.13. The van der Waals surface area contributed by atoms with Gasteiger partial charge in [-0.2, -0.15) is 5.10 Å². The van der Waals surface area contributed by atoms with Crippen molar-refractivity contribution in [3.63, 3.8) is 0 Å². The summed E-state index contributed by atoms with van der Waals surface area (Å²) in [5.41, 5.74) is 4.30. The summed E-state index contributed by atoms with van der Waals surface area (Å²) in [5, 5.41) is 8.14. The minimum absolute atomic E-state index is 0.0236. The van der Waals surface area contributed by atoms with E-state index in [4.69, 9.17) is 0 Å². The summed E-state index contributed by atoms with van der Waals surface area (Å²) in [4.78, 5) is 29.3. The number of fused-ring (bicyclic) bond motifs is 1. The van der Waals surface area contributed by atoms with Crippen LogP contribution in [0.5, 0.6) is 0 Å². The Hall–Kier alpha value is -3.25. The molecule has 0 fully saturated rings. The normalized spacial score (nSPS) is 17.8. The van der Waals surface area contributed by atoms with Crippen LogP contribution in [0.2, 0.25) is 0 Å². The zero-order valence-electron chi connectivity index (χ0n) is 17.8. The first-order valence-corrected chi connectivity index (χ1v) is 11.9. The molecule has 2 aliphatic heterocycles. The van der Waals surface area contributed by atoms with Gasteiger partial charge in [0, 0.05) is 30.7 Å². The highest BCUT2D eigenvalue weighted by molar-refractivity contribution is 7.10. The summed E-state index contributed by atoms with van der Waals surface area (Å²) in [7, 11) is 0. The average Bonchev–Trinajstić information content (AvgIpc) is 3.53. The van der Waals surface area contributed by atoms with E-state index >= 15 is 0 Å². The number of hydrogen-bond acceptors (Lipinski definition) is 4. The topological polar surface area (TPSA) is 53.0 Å². The maximum atomic E-state index is 13.2. The van der Waals surface area contributed by atoms with Crippen LogP contribution in [0.3, 0.4) is 0 Å². The fraction of sp³-hybridized carbons (Fsp3) is 0.269. The van der Waals surface area contributed by atoms with Crippen molar-refractivity contribution < 1.29 is 9.59 Å². The molecular formula is C26H25N3O2S. The number of thiophene rings is 1. The van der Waals surface area contributed by atoms with Gasteiger partial charge in [0.05, 0.1) is 18.3 Å². The van der Waals surface area contributed by atoms with Crippen molar-refractivity contribution >= 4 is 28.9 Å². The largest absolute Gasteiger partial charge is 0.331 e. The number of nitrogens with zero attached hydrogens (tertiary/aromatic N) is 3. The molecule has 1 aromatic heterocycles. The van der Waals surface area contributed by atoms with Gasteiger partial charge in [-0.05, 0) is 34.6 Å². The van der Waals surface area contributed by atoms with Crippen molar-refractivity contribution in [2.75, 3.05) is 13.1 Å². The van der Waals surface area contributed by atoms with E-state index < -0.39 is 0 Å². The maximum Gasteiger partial charge on any atom is 0.243 e. The Labute approximate surface area is 192 Å². The molecule has 0 saturated heterocycles. The summed E-state index contributed by atoms with van der Waals surface area (Å²) in [6.45, 7) is 1.26. The number of amides is 2. The molecular weight excluding hydrogens is 418 g/mol. The van der Waals surface area contributed by atoms with Crippen LogP contribution in [0.25, 0.3) is 0 Å². The third-order valence-corrected chi connectivity index (χ3v) is 7.15. The number of hydrazone groups is 1. The quantitative estimate of drug-likeness (QED) is 0.577. The predicted molar refractivity (Wildman–Crippen MR) is 127 cm³/mol. The highest BCUT2D eigenvalue weighted by Gasteiger charge is 2.33. The van der Waals surface area contributed by atoms with Gasteiger partial charge in [-0.3, -0.25) is 9.59 Å². The van der Waals surface area contributed by atoms with E-state index in [2.05, 4.69) is 28.7 Å². The molecule has 6 heteroatoms. The van der Waals surface area contributed by atoms with E-state index in [1.165, 1.54) is 15.4 Å². The third kappa shape index (κ3) is 4.10. The molecule has 32 heavy (non-hydrogen) atoms. The van der Waals surface area contributed by atoms with Gasteiger partial charge in [-0.25, -0.2) is 5.01 Å². The Kier molecular flexibility index (Phi) is 5.86. The van der Waals surface area contributed by atoms with Crippen LogP contribution >= 0.6 is 11.3 Å². The molecule has 3 aromatic rings. The van der Waals surface area contributed by atoms with Gasteiger partial charge in [0.2, 0.25) is 11.8 Å². The molecule has 0 N–H and O–H groups in total. The summed E-state index contributed by atoms with van der Waals surface area (Å²) >= 11 is 1.76. The minimum atomic E-state index is -0.0891. The lowest BCUT2D eigenvalue weighted by Crippen LogP contribution is -2.40. The van der Waals surface area contributed by atoms with Crippen molar-refractivity contribution in [3.8, 4) is 0 Å². The van der Waals surface area contributed by atoms with Gasteiger partial charge in [0.25, 0.3) is 0 Å². The first kappa shape index (κ1) is 20.6. The van der Waals surface area contributed by atoms with Crippen molar-refractivity contribution in [3.05, 3.63) is 93.7 Å². The number of hydrogen-bond donors (Lipinski definition) is 0. The van der Waals surface area contributed by atoms with E-state index in [-0.39, 0.29) is 30.7 Å². The first-order valence-electron chi connectivity index (χ1n) is 11.0. The van der Waals surface area contributed by atoms with Crippen molar-refractivity contribution in [2.45, 2.75) is 31.7 Å². The Bertz CT molecular complexity index is 1140. The number of carbonyl (C=O) groups is 2. The zero-order chi connectivity index (χ0) is 21.9. The molecule has 5 nitrogen and oxygen atoms in total. The monoisotopic (exact) mass is 443 g/mol. The first-order chi connectivity index (χ1) is 15.7. The van der Waals surface area contributed by atoms with E-state index in [0.29, 0.717) is 13.1 Å². The standard InChI is InChI=1S/C26H25N3O2S/c30-24(11-12-25(31)29-17-13-22(27-29)19-7-3-1-4-8-19)28-16-14-23-21(15-18-32-23)26(28)20-9-5-2-6-10-20/h1-10,15,18,26H,11-14,16-17H2. The third-order valence-electron chi connectivity index (χ3n) is 6.15. The molecule has 1 atom stereocenters. The molecule has 162 valence electrons. The maximum absolute atomic E-state index is 13.2. The zero-order valence-corrected chi connectivity index (χ0v) is 18.6. The fourth-order valence-corrected chi connectivity index (χ4v) is 5.44. The fourth-order valence-electron chi connectivity index (χ4n) is 4.54. The van der Waals surface area contributed by atoms with Crippen LogP contribution in [0.1, 0.15) is 46.9 Å². The molecule has 0 aliphatic carbocycles. The van der Waals surface area contributed by atoms with Crippen LogP contribution in [-0.4, -0.2) is 40.5 Å². The number of carbonyl (C=O) groups excluding carboxylic acids is 2.